The van der Waals surface area contributed by atoms with E-state index in [0.717, 1.165) is 0 Å². The van der Waals surface area contributed by atoms with Crippen LogP contribution in [0.4, 0.5) is 0 Å². The average Bonchev–Trinajstić information content (AvgIpc) is 2.58. The normalized spacial score (nSPS) is 15.4. The second-order valence-electron chi connectivity index (χ2n) is 5.69. The van der Waals surface area contributed by atoms with Gasteiger partial charge in [-0.2, -0.15) is 0 Å². The highest BCUT2D eigenvalue weighted by Crippen LogP contribution is 2.35. The molecule has 6 heteroatoms. The molecular weight excluding hydrogens is 310 g/mol. The van der Waals surface area contributed by atoms with Crippen LogP contribution in [0.5, 0.6) is 0 Å². The van der Waals surface area contributed by atoms with Crippen molar-refractivity contribution in [3.05, 3.63) is 59.2 Å². The minimum atomic E-state index is -1.35. The van der Waals surface area contributed by atoms with E-state index >= 15 is 0 Å². The second kappa shape index (κ2) is 5.99. The van der Waals surface area contributed by atoms with E-state index in [2.05, 4.69) is 0 Å². The molecule has 2 unspecified atom stereocenters. The number of ketones is 2. The molecule has 0 aliphatic heterocycles. The van der Waals surface area contributed by atoms with Crippen molar-refractivity contribution in [2.45, 2.75) is 18.6 Å². The first-order valence-corrected chi connectivity index (χ1v) is 7.37. The summed E-state index contributed by atoms with van der Waals surface area (Å²) < 4.78 is 0. The van der Waals surface area contributed by atoms with Gasteiger partial charge in [0.15, 0.2) is 0 Å². The molecule has 24 heavy (non-hydrogen) atoms. The summed E-state index contributed by atoms with van der Waals surface area (Å²) in [6, 6.07) is 11.2. The van der Waals surface area contributed by atoms with E-state index < -0.39 is 29.7 Å². The molecule has 2 atom stereocenters. The zero-order valence-electron chi connectivity index (χ0n) is 12.6. The Bertz CT molecular complexity index is 858. The largest absolute Gasteiger partial charge is 0.390 e. The molecule has 4 N–H and O–H groups in total. The first-order valence-electron chi connectivity index (χ1n) is 7.37. The lowest BCUT2D eigenvalue weighted by Crippen LogP contribution is -2.26. The van der Waals surface area contributed by atoms with Gasteiger partial charge >= 0.3 is 0 Å². The Morgan fingerprint density at radius 3 is 2.12 bits per heavy atom. The monoisotopic (exact) mass is 325 g/mol. The smallest absolute Gasteiger partial charge is 0.234 e. The SMILES string of the molecule is NC(=O)CC(O)C(O)c1ccc2c(c1)-c1ccccc1C(=O)C2=O. The maximum Gasteiger partial charge on any atom is 0.234 e. The Morgan fingerprint density at radius 1 is 0.917 bits per heavy atom. The van der Waals surface area contributed by atoms with Gasteiger partial charge in [-0.3, -0.25) is 14.4 Å². The summed E-state index contributed by atoms with van der Waals surface area (Å²) in [5, 5.41) is 20.1. The van der Waals surface area contributed by atoms with Gasteiger partial charge in [-0.1, -0.05) is 30.3 Å². The first kappa shape index (κ1) is 16.0. The molecule has 1 amide bonds. The number of primary amides is 1. The molecule has 0 heterocycles. The number of amides is 1. The van der Waals surface area contributed by atoms with E-state index in [1.54, 1.807) is 30.3 Å². The highest BCUT2D eigenvalue weighted by Gasteiger charge is 2.31. The number of nitrogens with two attached hydrogens (primary N) is 1. The van der Waals surface area contributed by atoms with Gasteiger partial charge in [-0.05, 0) is 28.8 Å². The van der Waals surface area contributed by atoms with Gasteiger partial charge in [0, 0.05) is 11.1 Å². The van der Waals surface area contributed by atoms with Crippen LogP contribution in [0, 0.1) is 0 Å². The zero-order valence-corrected chi connectivity index (χ0v) is 12.6. The van der Waals surface area contributed by atoms with Crippen molar-refractivity contribution in [2.24, 2.45) is 5.73 Å². The van der Waals surface area contributed by atoms with E-state index in [1.807, 2.05) is 0 Å². The molecule has 6 nitrogen and oxygen atoms in total. The molecule has 3 rings (SSSR count). The van der Waals surface area contributed by atoms with E-state index in [4.69, 9.17) is 5.73 Å². The minimum absolute atomic E-state index is 0.249. The van der Waals surface area contributed by atoms with Gasteiger partial charge in [0.2, 0.25) is 17.5 Å². The van der Waals surface area contributed by atoms with E-state index in [-0.39, 0.29) is 12.0 Å². The van der Waals surface area contributed by atoms with Gasteiger partial charge in [0.25, 0.3) is 0 Å². The third-order valence-electron chi connectivity index (χ3n) is 4.07. The fourth-order valence-electron chi connectivity index (χ4n) is 2.87. The Labute approximate surface area is 137 Å². The summed E-state index contributed by atoms with van der Waals surface area (Å²) in [7, 11) is 0. The number of carbonyl (C=O) groups is 3. The van der Waals surface area contributed by atoms with Gasteiger partial charge in [-0.25, -0.2) is 0 Å². The van der Waals surface area contributed by atoms with Crippen molar-refractivity contribution in [1.29, 1.82) is 0 Å². The van der Waals surface area contributed by atoms with Crippen LogP contribution in [0.1, 0.15) is 38.8 Å². The third kappa shape index (κ3) is 2.62. The minimum Gasteiger partial charge on any atom is -0.390 e. The Kier molecular flexibility index (Phi) is 4.01. The van der Waals surface area contributed by atoms with E-state index in [0.29, 0.717) is 22.3 Å². The maximum absolute atomic E-state index is 12.2. The topological polar surface area (TPSA) is 118 Å². The van der Waals surface area contributed by atoms with Crippen LogP contribution in [0.15, 0.2) is 42.5 Å². The average molecular weight is 325 g/mol. The number of hydrogen-bond acceptors (Lipinski definition) is 5. The Balaban J connectivity index is 2.07. The van der Waals surface area contributed by atoms with E-state index in [1.165, 1.54) is 12.1 Å². The standard InChI is InChI=1S/C18H15NO5/c19-15(21)8-14(20)16(22)9-5-6-12-13(7-9)10-3-1-2-4-11(10)17(23)18(12)24/h1-7,14,16,20,22H,8H2,(H2,19,21). The fourth-order valence-corrected chi connectivity index (χ4v) is 2.87. The number of benzene rings is 2. The predicted octanol–water partition coefficient (Wildman–Crippen LogP) is 1.00. The van der Waals surface area contributed by atoms with Crippen LogP contribution < -0.4 is 5.73 Å². The van der Waals surface area contributed by atoms with Crippen molar-refractivity contribution in [1.82, 2.24) is 0 Å². The van der Waals surface area contributed by atoms with Crippen molar-refractivity contribution in [3.63, 3.8) is 0 Å². The molecule has 122 valence electrons. The molecule has 0 radical (unpaired) electrons. The number of rotatable bonds is 4. The lowest BCUT2D eigenvalue weighted by atomic mass is 9.82. The fraction of sp³-hybridized carbons (Fsp3) is 0.167. The molecule has 0 saturated heterocycles. The number of carbonyl (C=O) groups excluding carboxylic acids is 3. The van der Waals surface area contributed by atoms with Gasteiger partial charge < -0.3 is 15.9 Å². The van der Waals surface area contributed by atoms with Crippen LogP contribution in [-0.2, 0) is 4.79 Å². The van der Waals surface area contributed by atoms with Crippen molar-refractivity contribution >= 4 is 17.5 Å². The number of fused-ring (bicyclic) bond motifs is 3. The molecule has 0 aromatic heterocycles. The summed E-state index contributed by atoms with van der Waals surface area (Å²) >= 11 is 0. The third-order valence-corrected chi connectivity index (χ3v) is 4.07. The van der Waals surface area contributed by atoms with Gasteiger partial charge in [-0.15, -0.1) is 0 Å². The summed E-state index contributed by atoms with van der Waals surface area (Å²) in [6.45, 7) is 0. The molecule has 1 aliphatic carbocycles. The van der Waals surface area contributed by atoms with Crippen molar-refractivity contribution in [3.8, 4) is 11.1 Å². The number of aliphatic hydroxyl groups excluding tert-OH is 2. The Hall–Kier alpha value is -2.83. The molecular formula is C18H15NO5. The number of aliphatic hydroxyl groups is 2. The van der Waals surface area contributed by atoms with Gasteiger partial charge in [0.1, 0.15) is 6.10 Å². The van der Waals surface area contributed by atoms with Crippen LogP contribution in [0.2, 0.25) is 0 Å². The van der Waals surface area contributed by atoms with Crippen LogP contribution in [-0.4, -0.2) is 33.8 Å². The van der Waals surface area contributed by atoms with Crippen LogP contribution in [0.3, 0.4) is 0 Å². The van der Waals surface area contributed by atoms with E-state index in [9.17, 15) is 24.6 Å². The number of Topliss-reactive ketones (excluding diaryl/α,β-unsaturated/α-hetero) is 2. The summed E-state index contributed by atoms with van der Waals surface area (Å²) in [5.74, 6) is -1.91. The molecule has 0 fully saturated rings. The zero-order chi connectivity index (χ0) is 17.4. The lowest BCUT2D eigenvalue weighted by Gasteiger charge is -2.21. The summed E-state index contributed by atoms with van der Waals surface area (Å²) in [4.78, 5) is 35.2. The van der Waals surface area contributed by atoms with Crippen LogP contribution >= 0.6 is 0 Å². The highest BCUT2D eigenvalue weighted by molar-refractivity contribution is 6.52. The molecule has 0 bridgehead atoms. The van der Waals surface area contributed by atoms with Crippen molar-refractivity contribution < 1.29 is 24.6 Å². The lowest BCUT2D eigenvalue weighted by molar-refractivity contribution is -0.121. The summed E-state index contributed by atoms with van der Waals surface area (Å²) in [6.07, 6.45) is -3.06. The quantitative estimate of drug-likeness (QED) is 0.725. The first-order chi connectivity index (χ1) is 11.4. The van der Waals surface area contributed by atoms with Crippen LogP contribution in [0.25, 0.3) is 11.1 Å². The molecule has 1 aliphatic rings. The molecule has 0 saturated carbocycles. The predicted molar refractivity (Wildman–Crippen MR) is 85.3 cm³/mol. The molecule has 0 spiro atoms. The number of hydrogen-bond donors (Lipinski definition) is 3. The molecule has 2 aromatic rings. The Morgan fingerprint density at radius 2 is 1.50 bits per heavy atom. The maximum atomic E-state index is 12.2. The second-order valence-corrected chi connectivity index (χ2v) is 5.69. The van der Waals surface area contributed by atoms with Gasteiger partial charge in [0.05, 0.1) is 12.5 Å². The van der Waals surface area contributed by atoms with Crippen molar-refractivity contribution in [2.75, 3.05) is 0 Å². The molecule has 2 aromatic carbocycles. The highest BCUT2D eigenvalue weighted by atomic mass is 16.3. The summed E-state index contributed by atoms with van der Waals surface area (Å²) in [5.41, 5.74) is 7.02.